The lowest BCUT2D eigenvalue weighted by atomic mass is 9.95. The minimum Gasteiger partial charge on any atom is -0.352 e. The van der Waals surface area contributed by atoms with Crippen molar-refractivity contribution in [3.05, 3.63) is 28.7 Å². The predicted octanol–water partition coefficient (Wildman–Crippen LogP) is 3.63. The highest BCUT2D eigenvalue weighted by Gasteiger charge is 2.39. The second-order valence-electron chi connectivity index (χ2n) is 6.61. The first-order valence-electron chi connectivity index (χ1n) is 8.28. The maximum Gasteiger partial charge on any atom is 0.230 e. The molecule has 0 unspecified atom stereocenters. The zero-order valence-electron chi connectivity index (χ0n) is 13.2. The molecular weight excluding hydrogens is 388 g/mol. The number of rotatable bonds is 5. The molecule has 5 nitrogen and oxygen atoms in total. The number of carbonyl (C=O) groups is 1. The summed E-state index contributed by atoms with van der Waals surface area (Å²) >= 11 is 4.79. The Bertz CT molecular complexity index is 732. The molecule has 2 aliphatic rings. The molecule has 2 N–H and O–H groups in total. The predicted molar refractivity (Wildman–Crippen MR) is 97.6 cm³/mol. The van der Waals surface area contributed by atoms with Crippen molar-refractivity contribution in [1.82, 2.24) is 20.5 Å². The molecule has 126 valence electrons. The zero-order valence-corrected chi connectivity index (χ0v) is 15.6. The van der Waals surface area contributed by atoms with Crippen molar-refractivity contribution in [2.24, 2.45) is 11.8 Å². The van der Waals surface area contributed by atoms with Gasteiger partial charge in [0.2, 0.25) is 11.1 Å². The first kappa shape index (κ1) is 16.1. The monoisotopic (exact) mass is 406 g/mol. The second-order valence-corrected chi connectivity index (χ2v) is 8.47. The average molecular weight is 407 g/mol. The van der Waals surface area contributed by atoms with Crippen LogP contribution < -0.4 is 5.32 Å². The zero-order chi connectivity index (χ0) is 16.5. The van der Waals surface area contributed by atoms with E-state index >= 15 is 0 Å². The number of H-pyrrole nitrogens is 1. The van der Waals surface area contributed by atoms with Crippen LogP contribution in [0.2, 0.25) is 0 Å². The van der Waals surface area contributed by atoms with E-state index in [1.165, 1.54) is 31.0 Å². The lowest BCUT2D eigenvalue weighted by Gasteiger charge is -2.22. The minimum absolute atomic E-state index is 0.0903. The summed E-state index contributed by atoms with van der Waals surface area (Å²) in [4.78, 5) is 16.6. The third-order valence-electron chi connectivity index (χ3n) is 5.00. The van der Waals surface area contributed by atoms with Gasteiger partial charge in [0.05, 0.1) is 5.75 Å². The number of amides is 1. The summed E-state index contributed by atoms with van der Waals surface area (Å²) in [5, 5.41) is 10.9. The standard InChI is InChI=1S/C17H19BrN4OS/c18-13-5-3-11(4-6-13)16-20-17(22-21-16)24-9-15(23)19-14-8-10-1-2-12(14)7-10/h3-6,10,12,14H,1-2,7-9H2,(H,19,23)(H,20,21,22)/t10-,12-,14+/m1/s1. The van der Waals surface area contributed by atoms with Crippen molar-refractivity contribution >= 4 is 33.6 Å². The van der Waals surface area contributed by atoms with Gasteiger partial charge in [-0.3, -0.25) is 9.89 Å². The number of halogens is 1. The Morgan fingerprint density at radius 2 is 2.12 bits per heavy atom. The number of aromatic amines is 1. The van der Waals surface area contributed by atoms with Crippen LogP contribution >= 0.6 is 27.7 Å². The summed E-state index contributed by atoms with van der Waals surface area (Å²) < 4.78 is 1.03. The average Bonchev–Trinajstić information content (AvgIpc) is 3.30. The first-order valence-corrected chi connectivity index (χ1v) is 10.1. The lowest BCUT2D eigenvalue weighted by molar-refractivity contribution is -0.119. The Hall–Kier alpha value is -1.34. The molecule has 0 saturated heterocycles. The largest absolute Gasteiger partial charge is 0.352 e. The van der Waals surface area contributed by atoms with Crippen LogP contribution in [0.1, 0.15) is 25.7 Å². The van der Waals surface area contributed by atoms with Crippen molar-refractivity contribution in [2.75, 3.05) is 5.75 Å². The smallest absolute Gasteiger partial charge is 0.230 e. The third kappa shape index (κ3) is 3.52. The van der Waals surface area contributed by atoms with Crippen molar-refractivity contribution in [2.45, 2.75) is 36.9 Å². The highest BCUT2D eigenvalue weighted by atomic mass is 79.9. The second kappa shape index (κ2) is 6.88. The van der Waals surface area contributed by atoms with E-state index in [-0.39, 0.29) is 5.91 Å². The topological polar surface area (TPSA) is 70.7 Å². The van der Waals surface area contributed by atoms with Gasteiger partial charge in [0.25, 0.3) is 0 Å². The molecule has 4 rings (SSSR count). The molecule has 3 atom stereocenters. The Morgan fingerprint density at radius 1 is 1.29 bits per heavy atom. The summed E-state index contributed by atoms with van der Waals surface area (Å²) in [7, 11) is 0. The molecule has 1 amide bonds. The van der Waals surface area contributed by atoms with Gasteiger partial charge in [-0.05, 0) is 43.2 Å². The Kier molecular flexibility index (Phi) is 4.63. The molecular formula is C17H19BrN4OS. The van der Waals surface area contributed by atoms with Gasteiger partial charge in [0.1, 0.15) is 0 Å². The lowest BCUT2D eigenvalue weighted by Crippen LogP contribution is -2.39. The van der Waals surface area contributed by atoms with Gasteiger partial charge in [-0.15, -0.1) is 5.10 Å². The van der Waals surface area contributed by atoms with E-state index in [9.17, 15) is 4.79 Å². The highest BCUT2D eigenvalue weighted by molar-refractivity contribution is 9.10. The molecule has 2 saturated carbocycles. The molecule has 0 spiro atoms. The fourth-order valence-electron chi connectivity index (χ4n) is 3.85. The van der Waals surface area contributed by atoms with Crippen LogP contribution in [0, 0.1) is 11.8 Å². The van der Waals surface area contributed by atoms with E-state index in [4.69, 9.17) is 0 Å². The van der Waals surface area contributed by atoms with Crippen molar-refractivity contribution in [3.8, 4) is 11.4 Å². The Morgan fingerprint density at radius 3 is 2.83 bits per heavy atom. The van der Waals surface area contributed by atoms with Crippen LogP contribution in [0.15, 0.2) is 33.9 Å². The molecule has 2 aliphatic carbocycles. The number of aromatic nitrogens is 3. The van der Waals surface area contributed by atoms with Gasteiger partial charge in [0, 0.05) is 16.1 Å². The Labute approximate surface area is 153 Å². The number of hydrogen-bond acceptors (Lipinski definition) is 4. The van der Waals surface area contributed by atoms with Crippen LogP contribution in [0.5, 0.6) is 0 Å². The number of thioether (sulfide) groups is 1. The van der Waals surface area contributed by atoms with Crippen LogP contribution in [0.4, 0.5) is 0 Å². The molecule has 7 heteroatoms. The molecule has 1 heterocycles. The summed E-state index contributed by atoms with van der Waals surface area (Å²) in [6.45, 7) is 0. The number of nitrogens with zero attached hydrogens (tertiary/aromatic N) is 2. The van der Waals surface area contributed by atoms with Crippen molar-refractivity contribution in [3.63, 3.8) is 0 Å². The summed E-state index contributed by atoms with van der Waals surface area (Å²) in [6, 6.07) is 8.27. The van der Waals surface area contributed by atoms with Crippen LogP contribution in [0.3, 0.4) is 0 Å². The fraction of sp³-hybridized carbons (Fsp3) is 0.471. The van der Waals surface area contributed by atoms with E-state index in [2.05, 4.69) is 36.4 Å². The van der Waals surface area contributed by atoms with Gasteiger partial charge in [-0.25, -0.2) is 4.98 Å². The Balaban J connectivity index is 1.30. The SMILES string of the molecule is O=C(CSc1n[nH]c(-c2ccc(Br)cc2)n1)N[C@H]1C[C@@H]2CC[C@@H]1C2. The first-order chi connectivity index (χ1) is 11.7. The van der Waals surface area contributed by atoms with E-state index in [1.807, 2.05) is 24.3 Å². The molecule has 1 aromatic heterocycles. The van der Waals surface area contributed by atoms with E-state index in [0.29, 0.717) is 22.9 Å². The van der Waals surface area contributed by atoms with E-state index in [0.717, 1.165) is 28.2 Å². The fourth-order valence-corrected chi connectivity index (χ4v) is 4.72. The van der Waals surface area contributed by atoms with Crippen molar-refractivity contribution in [1.29, 1.82) is 0 Å². The van der Waals surface area contributed by atoms with Crippen LogP contribution in [-0.4, -0.2) is 32.9 Å². The maximum atomic E-state index is 12.2. The molecule has 2 aromatic rings. The summed E-state index contributed by atoms with van der Waals surface area (Å²) in [5.41, 5.74) is 0.976. The molecule has 1 aromatic carbocycles. The number of carbonyl (C=O) groups excluding carboxylic acids is 1. The maximum absolute atomic E-state index is 12.2. The number of nitrogens with one attached hydrogen (secondary N) is 2. The molecule has 0 radical (unpaired) electrons. The van der Waals surface area contributed by atoms with Crippen LogP contribution in [0.25, 0.3) is 11.4 Å². The quantitative estimate of drug-likeness (QED) is 0.743. The van der Waals surface area contributed by atoms with Gasteiger partial charge >= 0.3 is 0 Å². The van der Waals surface area contributed by atoms with Gasteiger partial charge in [-0.2, -0.15) is 0 Å². The van der Waals surface area contributed by atoms with Gasteiger partial charge < -0.3 is 5.32 Å². The van der Waals surface area contributed by atoms with E-state index in [1.54, 1.807) is 0 Å². The summed E-state index contributed by atoms with van der Waals surface area (Å²) in [5.74, 6) is 2.72. The van der Waals surface area contributed by atoms with E-state index < -0.39 is 0 Å². The molecule has 2 fully saturated rings. The van der Waals surface area contributed by atoms with Crippen LogP contribution in [-0.2, 0) is 4.79 Å². The number of benzene rings is 1. The third-order valence-corrected chi connectivity index (χ3v) is 6.38. The number of fused-ring (bicyclic) bond motifs is 2. The molecule has 2 bridgehead atoms. The molecule has 24 heavy (non-hydrogen) atoms. The summed E-state index contributed by atoms with van der Waals surface area (Å²) in [6.07, 6.45) is 5.09. The van der Waals surface area contributed by atoms with Gasteiger partial charge in [-0.1, -0.05) is 46.2 Å². The normalized spacial score (nSPS) is 25.1. The highest BCUT2D eigenvalue weighted by Crippen LogP contribution is 2.44. The number of hydrogen-bond donors (Lipinski definition) is 2. The van der Waals surface area contributed by atoms with Gasteiger partial charge in [0.15, 0.2) is 5.82 Å². The molecule has 0 aliphatic heterocycles. The minimum atomic E-state index is 0.0903. The van der Waals surface area contributed by atoms with Crippen molar-refractivity contribution < 1.29 is 4.79 Å².